The van der Waals surface area contributed by atoms with Gasteiger partial charge >= 0.3 is 5.97 Å². The van der Waals surface area contributed by atoms with Crippen LogP contribution in [0.25, 0.3) is 0 Å². The van der Waals surface area contributed by atoms with Gasteiger partial charge in [-0.05, 0) is 12.8 Å². The van der Waals surface area contributed by atoms with Gasteiger partial charge in [0.2, 0.25) is 11.8 Å². The first-order valence-corrected chi connectivity index (χ1v) is 5.35. The molecule has 0 aromatic carbocycles. The van der Waals surface area contributed by atoms with E-state index in [9.17, 15) is 19.5 Å². The van der Waals surface area contributed by atoms with Gasteiger partial charge in [-0.25, -0.2) is 4.79 Å². The summed E-state index contributed by atoms with van der Waals surface area (Å²) in [7, 11) is 0. The number of aliphatic hydroxyl groups is 1. The maximum absolute atomic E-state index is 11.3. The molecule has 0 aliphatic heterocycles. The number of primary amides is 1. The van der Waals surface area contributed by atoms with Gasteiger partial charge in [0.1, 0.15) is 6.04 Å². The largest absolute Gasteiger partial charge is 0.480 e. The minimum absolute atomic E-state index is 0.0569. The Morgan fingerprint density at radius 3 is 2.35 bits per heavy atom. The number of nitrogens with one attached hydrogen (secondary N) is 1. The summed E-state index contributed by atoms with van der Waals surface area (Å²) in [5, 5.41) is 20.2. The van der Waals surface area contributed by atoms with E-state index in [0.29, 0.717) is 6.42 Å². The Bertz CT molecular complexity index is 292. The molecule has 0 heterocycles. The topological polar surface area (TPSA) is 130 Å². The summed E-state index contributed by atoms with van der Waals surface area (Å²) in [6.45, 7) is 1.71. The molecule has 0 saturated carbocycles. The lowest BCUT2D eigenvalue weighted by Crippen LogP contribution is -2.42. The molecule has 17 heavy (non-hydrogen) atoms. The number of nitrogens with two attached hydrogens (primary N) is 1. The summed E-state index contributed by atoms with van der Waals surface area (Å²) in [4.78, 5) is 32.6. The first kappa shape index (κ1) is 15.4. The minimum Gasteiger partial charge on any atom is -0.480 e. The van der Waals surface area contributed by atoms with Crippen LogP contribution in [0.5, 0.6) is 0 Å². The molecule has 0 aliphatic carbocycles. The molecule has 0 rings (SSSR count). The van der Waals surface area contributed by atoms with Crippen LogP contribution in [-0.4, -0.2) is 40.1 Å². The number of carboxylic acids is 1. The second-order valence-electron chi connectivity index (χ2n) is 3.73. The van der Waals surface area contributed by atoms with E-state index in [2.05, 4.69) is 5.32 Å². The second-order valence-corrected chi connectivity index (χ2v) is 3.73. The molecule has 7 heteroatoms. The van der Waals surface area contributed by atoms with Crippen LogP contribution in [0.4, 0.5) is 0 Å². The van der Waals surface area contributed by atoms with Crippen molar-refractivity contribution in [2.75, 3.05) is 0 Å². The minimum atomic E-state index is -1.23. The average Bonchev–Trinajstić information content (AvgIpc) is 2.23. The molecule has 0 fully saturated rings. The van der Waals surface area contributed by atoms with Crippen LogP contribution >= 0.6 is 0 Å². The molecular weight excluding hydrogens is 228 g/mol. The summed E-state index contributed by atoms with van der Waals surface area (Å²) in [5.41, 5.74) is 4.89. The smallest absolute Gasteiger partial charge is 0.326 e. The second kappa shape index (κ2) is 7.61. The molecule has 7 nitrogen and oxygen atoms in total. The van der Waals surface area contributed by atoms with Gasteiger partial charge in [0.15, 0.2) is 0 Å². The van der Waals surface area contributed by atoms with Crippen LogP contribution in [0.15, 0.2) is 0 Å². The highest BCUT2D eigenvalue weighted by Crippen LogP contribution is 2.01. The van der Waals surface area contributed by atoms with E-state index in [1.807, 2.05) is 0 Å². The van der Waals surface area contributed by atoms with Gasteiger partial charge in [-0.1, -0.05) is 6.92 Å². The molecule has 0 spiro atoms. The van der Waals surface area contributed by atoms with E-state index in [0.717, 1.165) is 0 Å². The first-order chi connectivity index (χ1) is 7.86. The number of rotatable bonds is 8. The van der Waals surface area contributed by atoms with E-state index in [4.69, 9.17) is 10.8 Å². The van der Waals surface area contributed by atoms with Crippen LogP contribution < -0.4 is 11.1 Å². The fourth-order valence-electron chi connectivity index (χ4n) is 1.16. The molecule has 5 N–H and O–H groups in total. The van der Waals surface area contributed by atoms with E-state index in [-0.39, 0.29) is 19.3 Å². The van der Waals surface area contributed by atoms with E-state index in [1.54, 1.807) is 6.92 Å². The van der Waals surface area contributed by atoms with Crippen molar-refractivity contribution in [1.29, 1.82) is 0 Å². The van der Waals surface area contributed by atoms with Crippen LogP contribution in [0.3, 0.4) is 0 Å². The van der Waals surface area contributed by atoms with Gasteiger partial charge in [-0.15, -0.1) is 0 Å². The molecule has 0 aliphatic rings. The Morgan fingerprint density at radius 1 is 1.35 bits per heavy atom. The third kappa shape index (κ3) is 7.29. The Labute approximate surface area is 99.0 Å². The number of amides is 2. The SMILES string of the molecule is CCC(O)CC(=O)N[C@@H](CCC(N)=O)C(=O)O. The predicted octanol–water partition coefficient (Wildman–Crippen LogP) is -1.02. The first-order valence-electron chi connectivity index (χ1n) is 5.35. The highest BCUT2D eigenvalue weighted by atomic mass is 16.4. The summed E-state index contributed by atoms with van der Waals surface area (Å²) < 4.78 is 0. The molecule has 2 atom stereocenters. The number of aliphatic carboxylic acids is 1. The fourth-order valence-corrected chi connectivity index (χ4v) is 1.16. The Morgan fingerprint density at radius 2 is 1.94 bits per heavy atom. The quantitative estimate of drug-likeness (QED) is 0.435. The number of carboxylic acid groups (broad SMARTS) is 1. The maximum Gasteiger partial charge on any atom is 0.326 e. The zero-order valence-corrected chi connectivity index (χ0v) is 9.68. The number of hydrogen-bond acceptors (Lipinski definition) is 4. The number of hydrogen-bond donors (Lipinski definition) is 4. The molecule has 0 aromatic heterocycles. The summed E-state index contributed by atoms with van der Waals surface area (Å²) in [5.74, 6) is -2.42. The van der Waals surface area contributed by atoms with Crippen molar-refractivity contribution in [3.05, 3.63) is 0 Å². The van der Waals surface area contributed by atoms with Crippen molar-refractivity contribution >= 4 is 17.8 Å². The monoisotopic (exact) mass is 246 g/mol. The van der Waals surface area contributed by atoms with Crippen molar-refractivity contribution in [3.8, 4) is 0 Å². The van der Waals surface area contributed by atoms with Gasteiger partial charge in [0.05, 0.1) is 12.5 Å². The van der Waals surface area contributed by atoms with Crippen molar-refractivity contribution in [3.63, 3.8) is 0 Å². The van der Waals surface area contributed by atoms with Crippen molar-refractivity contribution < 1.29 is 24.6 Å². The predicted molar refractivity (Wildman–Crippen MR) is 58.9 cm³/mol. The highest BCUT2D eigenvalue weighted by molar-refractivity contribution is 5.84. The molecule has 0 aromatic rings. The molecule has 1 unspecified atom stereocenters. The lowest BCUT2D eigenvalue weighted by Gasteiger charge is -2.15. The standard InChI is InChI=1S/C10H18N2O5/c1-2-6(13)5-9(15)12-7(10(16)17)3-4-8(11)14/h6-7,13H,2-5H2,1H3,(H2,11,14)(H,12,15)(H,16,17)/t6?,7-/m0/s1. The van der Waals surface area contributed by atoms with Gasteiger partial charge in [-0.2, -0.15) is 0 Å². The van der Waals surface area contributed by atoms with E-state index >= 15 is 0 Å². The molecule has 0 radical (unpaired) electrons. The molecule has 98 valence electrons. The Kier molecular flexibility index (Phi) is 6.88. The van der Waals surface area contributed by atoms with Crippen LogP contribution in [0.2, 0.25) is 0 Å². The fraction of sp³-hybridized carbons (Fsp3) is 0.700. The molecule has 2 amide bonds. The summed E-state index contributed by atoms with van der Waals surface area (Å²) in [6, 6.07) is -1.15. The van der Waals surface area contributed by atoms with Crippen LogP contribution in [-0.2, 0) is 14.4 Å². The highest BCUT2D eigenvalue weighted by Gasteiger charge is 2.21. The maximum atomic E-state index is 11.3. The molecular formula is C10H18N2O5. The van der Waals surface area contributed by atoms with Crippen molar-refractivity contribution in [2.45, 2.75) is 44.8 Å². The Hall–Kier alpha value is -1.63. The normalized spacial score (nSPS) is 13.8. The lowest BCUT2D eigenvalue weighted by atomic mass is 10.1. The van der Waals surface area contributed by atoms with Crippen molar-refractivity contribution in [2.24, 2.45) is 5.73 Å². The number of carbonyl (C=O) groups excluding carboxylic acids is 2. The van der Waals surface area contributed by atoms with Gasteiger partial charge in [-0.3, -0.25) is 9.59 Å². The number of aliphatic hydroxyl groups excluding tert-OH is 1. The zero-order valence-electron chi connectivity index (χ0n) is 9.68. The van der Waals surface area contributed by atoms with E-state index < -0.39 is 29.9 Å². The third-order valence-corrected chi connectivity index (χ3v) is 2.20. The average molecular weight is 246 g/mol. The Balaban J connectivity index is 4.20. The zero-order chi connectivity index (χ0) is 13.4. The van der Waals surface area contributed by atoms with Gasteiger partial charge in [0.25, 0.3) is 0 Å². The van der Waals surface area contributed by atoms with Crippen LogP contribution in [0, 0.1) is 0 Å². The summed E-state index contributed by atoms with van der Waals surface area (Å²) >= 11 is 0. The molecule has 0 saturated heterocycles. The van der Waals surface area contributed by atoms with Crippen LogP contribution in [0.1, 0.15) is 32.6 Å². The lowest BCUT2D eigenvalue weighted by molar-refractivity contribution is -0.142. The number of carbonyl (C=O) groups is 3. The van der Waals surface area contributed by atoms with E-state index in [1.165, 1.54) is 0 Å². The van der Waals surface area contributed by atoms with Crippen molar-refractivity contribution in [1.82, 2.24) is 5.32 Å². The molecule has 0 bridgehead atoms. The van der Waals surface area contributed by atoms with Gasteiger partial charge in [0, 0.05) is 6.42 Å². The third-order valence-electron chi connectivity index (χ3n) is 2.20. The van der Waals surface area contributed by atoms with Gasteiger partial charge < -0.3 is 21.3 Å². The summed E-state index contributed by atoms with van der Waals surface area (Å²) in [6.07, 6.45) is -0.712.